The maximum Gasteiger partial charge on any atom is 0.251 e. The molecule has 1 N–H and O–H groups in total. The van der Waals surface area contributed by atoms with Crippen LogP contribution in [0.2, 0.25) is 0 Å². The molecule has 0 bridgehead atoms. The van der Waals surface area contributed by atoms with Crippen LogP contribution in [0.1, 0.15) is 36.7 Å². The zero-order valence-corrected chi connectivity index (χ0v) is 17.1. The van der Waals surface area contributed by atoms with Crippen molar-refractivity contribution in [2.45, 2.75) is 37.8 Å². The second-order valence-corrected chi connectivity index (χ2v) is 9.33. The number of ether oxygens (including phenoxy) is 1. The molecule has 2 aromatic carbocycles. The van der Waals surface area contributed by atoms with E-state index in [0.717, 1.165) is 5.56 Å². The van der Waals surface area contributed by atoms with E-state index in [1.54, 1.807) is 6.07 Å². The van der Waals surface area contributed by atoms with Gasteiger partial charge < -0.3 is 10.1 Å². The van der Waals surface area contributed by atoms with Crippen LogP contribution in [0.5, 0.6) is 5.75 Å². The Bertz CT molecular complexity index is 903. The van der Waals surface area contributed by atoms with Crippen LogP contribution < -0.4 is 10.1 Å². The number of hydrogen-bond donors (Lipinski definition) is 1. The number of sulfonamides is 1. The Balaban J connectivity index is 2.39. The smallest absolute Gasteiger partial charge is 0.251 e. The van der Waals surface area contributed by atoms with Crippen molar-refractivity contribution in [2.75, 3.05) is 14.2 Å². The highest BCUT2D eigenvalue weighted by atomic mass is 32.2. The summed E-state index contributed by atoms with van der Waals surface area (Å²) in [6.07, 6.45) is 0. The number of hydrogen-bond acceptors (Lipinski definition) is 4. The highest BCUT2D eigenvalue weighted by molar-refractivity contribution is 7.89. The molecule has 0 unspecified atom stereocenters. The van der Waals surface area contributed by atoms with Crippen LogP contribution in [0.15, 0.2) is 53.4 Å². The summed E-state index contributed by atoms with van der Waals surface area (Å²) in [6, 6.07) is 13.7. The molecule has 2 aromatic rings. The van der Waals surface area contributed by atoms with Gasteiger partial charge in [0.05, 0.1) is 7.11 Å². The van der Waals surface area contributed by atoms with E-state index >= 15 is 0 Å². The van der Waals surface area contributed by atoms with Gasteiger partial charge in [-0.05, 0) is 44.5 Å². The van der Waals surface area contributed by atoms with Crippen LogP contribution >= 0.6 is 0 Å². The number of benzene rings is 2. The standard InChI is InChI=1S/C20H26N2O4S/c1-20(2,3)21-19(23)16-11-12-17(26-5)18(13-16)27(24,25)22(4)14-15-9-7-6-8-10-15/h6-13H,14H2,1-5H3,(H,21,23). The molecule has 0 fully saturated rings. The Hall–Kier alpha value is -2.38. The number of methoxy groups -OCH3 is 1. The fraction of sp³-hybridized carbons (Fsp3) is 0.350. The van der Waals surface area contributed by atoms with Gasteiger partial charge in [-0.3, -0.25) is 4.79 Å². The van der Waals surface area contributed by atoms with Crippen LogP contribution in [0.3, 0.4) is 0 Å². The Labute approximate surface area is 161 Å². The predicted octanol–water partition coefficient (Wildman–Crippen LogP) is 3.04. The number of rotatable bonds is 6. The minimum atomic E-state index is -3.85. The molecule has 146 valence electrons. The van der Waals surface area contributed by atoms with Crippen LogP contribution in [0.4, 0.5) is 0 Å². The lowest BCUT2D eigenvalue weighted by atomic mass is 10.1. The van der Waals surface area contributed by atoms with E-state index in [1.807, 2.05) is 51.1 Å². The molecule has 0 spiro atoms. The summed E-state index contributed by atoms with van der Waals surface area (Å²) in [6.45, 7) is 5.80. The fourth-order valence-corrected chi connectivity index (χ4v) is 3.86. The Kier molecular flexibility index (Phi) is 6.28. The second-order valence-electron chi connectivity index (χ2n) is 7.32. The lowest BCUT2D eigenvalue weighted by molar-refractivity contribution is 0.0919. The summed E-state index contributed by atoms with van der Waals surface area (Å²) in [7, 11) is -0.944. The van der Waals surface area contributed by atoms with Crippen molar-refractivity contribution < 1.29 is 17.9 Å². The Morgan fingerprint density at radius 1 is 1.11 bits per heavy atom. The molecule has 0 aliphatic carbocycles. The maximum atomic E-state index is 13.1. The number of carbonyl (C=O) groups is 1. The molecule has 0 saturated heterocycles. The molecule has 2 rings (SSSR count). The highest BCUT2D eigenvalue weighted by Gasteiger charge is 2.27. The third kappa shape index (κ3) is 5.30. The predicted molar refractivity (Wildman–Crippen MR) is 105 cm³/mol. The molecule has 0 heterocycles. The van der Waals surface area contributed by atoms with E-state index in [1.165, 1.54) is 30.6 Å². The zero-order chi connectivity index (χ0) is 20.2. The van der Waals surface area contributed by atoms with Gasteiger partial charge >= 0.3 is 0 Å². The molecule has 0 radical (unpaired) electrons. The van der Waals surface area contributed by atoms with E-state index in [0.29, 0.717) is 0 Å². The Morgan fingerprint density at radius 2 is 1.74 bits per heavy atom. The third-order valence-electron chi connectivity index (χ3n) is 3.85. The first-order valence-electron chi connectivity index (χ1n) is 8.55. The summed E-state index contributed by atoms with van der Waals surface area (Å²) >= 11 is 0. The summed E-state index contributed by atoms with van der Waals surface area (Å²) in [5.74, 6) is -0.144. The lowest BCUT2D eigenvalue weighted by Gasteiger charge is -2.22. The van der Waals surface area contributed by atoms with Gasteiger partial charge in [-0.1, -0.05) is 30.3 Å². The van der Waals surface area contributed by atoms with Crippen LogP contribution in [0.25, 0.3) is 0 Å². The van der Waals surface area contributed by atoms with Gasteiger partial charge in [0.2, 0.25) is 10.0 Å². The Morgan fingerprint density at radius 3 is 2.30 bits per heavy atom. The zero-order valence-electron chi connectivity index (χ0n) is 16.3. The minimum absolute atomic E-state index is 0.0370. The minimum Gasteiger partial charge on any atom is -0.495 e. The maximum absolute atomic E-state index is 13.1. The largest absolute Gasteiger partial charge is 0.495 e. The molecule has 7 heteroatoms. The number of nitrogens with zero attached hydrogens (tertiary/aromatic N) is 1. The first-order valence-corrected chi connectivity index (χ1v) is 9.99. The normalized spacial score (nSPS) is 12.1. The lowest BCUT2D eigenvalue weighted by Crippen LogP contribution is -2.40. The van der Waals surface area contributed by atoms with E-state index in [-0.39, 0.29) is 28.7 Å². The number of amides is 1. The number of carbonyl (C=O) groups excluding carboxylic acids is 1. The van der Waals surface area contributed by atoms with Gasteiger partial charge in [-0.25, -0.2) is 8.42 Å². The fourth-order valence-electron chi connectivity index (χ4n) is 2.53. The molecular formula is C20H26N2O4S. The van der Waals surface area contributed by atoms with Gasteiger partial charge in [-0.2, -0.15) is 4.31 Å². The summed E-state index contributed by atoms with van der Waals surface area (Å²) in [5.41, 5.74) is 0.696. The average Bonchev–Trinajstić information content (AvgIpc) is 2.60. The highest BCUT2D eigenvalue weighted by Crippen LogP contribution is 2.28. The number of nitrogens with one attached hydrogen (secondary N) is 1. The van der Waals surface area contributed by atoms with Gasteiger partial charge in [0.15, 0.2) is 0 Å². The SMILES string of the molecule is COc1ccc(C(=O)NC(C)(C)C)cc1S(=O)(=O)N(C)Cc1ccccc1. The third-order valence-corrected chi connectivity index (χ3v) is 5.68. The first kappa shape index (κ1) is 20.9. The van der Waals surface area contributed by atoms with E-state index in [4.69, 9.17) is 4.74 Å². The van der Waals surface area contributed by atoms with Crippen LogP contribution in [-0.2, 0) is 16.6 Å². The van der Waals surface area contributed by atoms with Gasteiger partial charge in [0.25, 0.3) is 5.91 Å². The molecule has 1 amide bonds. The van der Waals surface area contributed by atoms with Crippen molar-refractivity contribution in [1.29, 1.82) is 0 Å². The molecule has 0 atom stereocenters. The van der Waals surface area contributed by atoms with Gasteiger partial charge in [0.1, 0.15) is 10.6 Å². The van der Waals surface area contributed by atoms with Crippen molar-refractivity contribution >= 4 is 15.9 Å². The molecule has 6 nitrogen and oxygen atoms in total. The van der Waals surface area contributed by atoms with Crippen LogP contribution in [-0.4, -0.2) is 38.3 Å². The summed E-state index contributed by atoms with van der Waals surface area (Å²) in [4.78, 5) is 12.4. The quantitative estimate of drug-likeness (QED) is 0.823. The van der Waals surface area contributed by atoms with Crippen molar-refractivity contribution in [2.24, 2.45) is 0 Å². The van der Waals surface area contributed by atoms with Crippen molar-refractivity contribution in [3.8, 4) is 5.75 Å². The van der Waals surface area contributed by atoms with Crippen molar-refractivity contribution in [3.05, 3.63) is 59.7 Å². The van der Waals surface area contributed by atoms with E-state index < -0.39 is 15.6 Å². The summed E-state index contributed by atoms with van der Waals surface area (Å²) < 4.78 is 32.7. The molecule has 0 aliphatic heterocycles. The average molecular weight is 391 g/mol. The van der Waals surface area contributed by atoms with Crippen LogP contribution in [0, 0.1) is 0 Å². The van der Waals surface area contributed by atoms with Crippen molar-refractivity contribution in [1.82, 2.24) is 9.62 Å². The monoisotopic (exact) mass is 390 g/mol. The van der Waals surface area contributed by atoms with E-state index in [2.05, 4.69) is 5.32 Å². The van der Waals surface area contributed by atoms with E-state index in [9.17, 15) is 13.2 Å². The molecular weight excluding hydrogens is 364 g/mol. The second kappa shape index (κ2) is 8.10. The first-order chi connectivity index (χ1) is 12.5. The molecule has 0 aliphatic rings. The molecule has 0 aromatic heterocycles. The topological polar surface area (TPSA) is 75.7 Å². The van der Waals surface area contributed by atoms with Gasteiger partial charge in [-0.15, -0.1) is 0 Å². The molecule has 27 heavy (non-hydrogen) atoms. The van der Waals surface area contributed by atoms with Gasteiger partial charge in [0, 0.05) is 24.7 Å². The summed E-state index contributed by atoms with van der Waals surface area (Å²) in [5, 5.41) is 2.83. The molecule has 0 saturated carbocycles. The van der Waals surface area contributed by atoms with Crippen molar-refractivity contribution in [3.63, 3.8) is 0 Å².